The van der Waals surface area contributed by atoms with Gasteiger partial charge < -0.3 is 14.6 Å². The predicted molar refractivity (Wildman–Crippen MR) is 163 cm³/mol. The van der Waals surface area contributed by atoms with Crippen molar-refractivity contribution in [2.24, 2.45) is 0 Å². The Morgan fingerprint density at radius 1 is 1.14 bits per heavy atom. The number of hydrogen-bond donors (Lipinski definition) is 1. The van der Waals surface area contributed by atoms with E-state index in [1.54, 1.807) is 0 Å². The summed E-state index contributed by atoms with van der Waals surface area (Å²) in [5.74, 6) is -1.17. The van der Waals surface area contributed by atoms with E-state index in [4.69, 9.17) is 14.5 Å². The van der Waals surface area contributed by atoms with E-state index in [1.807, 2.05) is 34.6 Å². The van der Waals surface area contributed by atoms with E-state index in [0.717, 1.165) is 73.1 Å². The van der Waals surface area contributed by atoms with Crippen LogP contribution in [0.1, 0.15) is 84.5 Å². The molecule has 2 aliphatic heterocycles. The summed E-state index contributed by atoms with van der Waals surface area (Å²) in [5, 5.41) is 10.4. The Morgan fingerprint density at radius 2 is 1.88 bits per heavy atom. The zero-order valence-corrected chi connectivity index (χ0v) is 25.8. The van der Waals surface area contributed by atoms with Crippen LogP contribution in [0.4, 0.5) is 4.39 Å². The minimum Gasteiger partial charge on any atom is -0.490 e. The molecule has 3 aromatic rings. The van der Waals surface area contributed by atoms with Gasteiger partial charge in [0.2, 0.25) is 0 Å². The van der Waals surface area contributed by atoms with E-state index in [0.29, 0.717) is 35.7 Å². The second-order valence-electron chi connectivity index (χ2n) is 12.8. The summed E-state index contributed by atoms with van der Waals surface area (Å²) in [6.07, 6.45) is 3.04. The van der Waals surface area contributed by atoms with Crippen molar-refractivity contribution in [3.8, 4) is 16.9 Å². The zero-order chi connectivity index (χ0) is 30.2. The van der Waals surface area contributed by atoms with Crippen molar-refractivity contribution in [1.29, 1.82) is 0 Å². The standard InChI is InChI=1S/C35H43FN2O4/c1-21-11-13-24(14-12-21)9-7-16-38-17-15-29-27(20-38)31(26-19-28(36)32-25(22(26)2)10-8-18-41-32)30(23(3)37-29)33(34(39)40)42-35(4,5)6/h11-14,19,33H,7-10,15-18,20H2,1-6H3,(H,39,40). The lowest BCUT2D eigenvalue weighted by atomic mass is 9.83. The highest BCUT2D eigenvalue weighted by Gasteiger charge is 2.36. The monoisotopic (exact) mass is 574 g/mol. The number of nitrogens with zero attached hydrogens (tertiary/aromatic N) is 2. The van der Waals surface area contributed by atoms with Crippen molar-refractivity contribution >= 4 is 5.97 Å². The summed E-state index contributed by atoms with van der Waals surface area (Å²) in [5.41, 5.74) is 8.16. The Balaban J connectivity index is 1.60. The number of halogens is 1. The molecule has 224 valence electrons. The molecule has 0 aliphatic carbocycles. The average Bonchev–Trinajstić information content (AvgIpc) is 2.94. The van der Waals surface area contributed by atoms with Crippen LogP contribution in [-0.2, 0) is 35.3 Å². The summed E-state index contributed by atoms with van der Waals surface area (Å²) >= 11 is 0. The number of benzene rings is 2. The fraction of sp³-hybridized carbons (Fsp3) is 0.486. The molecule has 0 saturated carbocycles. The van der Waals surface area contributed by atoms with Gasteiger partial charge >= 0.3 is 5.97 Å². The quantitative estimate of drug-likeness (QED) is 0.310. The maximum atomic E-state index is 15.6. The van der Waals surface area contributed by atoms with Gasteiger partial charge in [-0.05, 0) is 108 Å². The van der Waals surface area contributed by atoms with E-state index >= 15 is 4.39 Å². The van der Waals surface area contributed by atoms with Crippen LogP contribution in [0.2, 0.25) is 0 Å². The molecule has 1 atom stereocenters. The maximum absolute atomic E-state index is 15.6. The molecule has 1 aromatic heterocycles. The number of ether oxygens (including phenoxy) is 2. The van der Waals surface area contributed by atoms with Crippen LogP contribution in [0.5, 0.6) is 5.75 Å². The number of fused-ring (bicyclic) bond motifs is 2. The van der Waals surface area contributed by atoms with Gasteiger partial charge in [-0.2, -0.15) is 0 Å². The summed E-state index contributed by atoms with van der Waals surface area (Å²) in [7, 11) is 0. The van der Waals surface area contributed by atoms with Crippen LogP contribution >= 0.6 is 0 Å². The molecule has 3 heterocycles. The third-order valence-electron chi connectivity index (χ3n) is 8.38. The minimum absolute atomic E-state index is 0.321. The van der Waals surface area contributed by atoms with Crippen molar-refractivity contribution in [3.05, 3.63) is 80.9 Å². The molecule has 0 amide bonds. The first-order valence-corrected chi connectivity index (χ1v) is 15.1. The molecule has 0 fully saturated rings. The third-order valence-corrected chi connectivity index (χ3v) is 8.38. The molecule has 0 radical (unpaired) electrons. The molecule has 1 unspecified atom stereocenters. The van der Waals surface area contributed by atoms with Crippen LogP contribution in [0.25, 0.3) is 11.1 Å². The molecule has 0 saturated heterocycles. The van der Waals surface area contributed by atoms with Crippen LogP contribution < -0.4 is 4.74 Å². The van der Waals surface area contributed by atoms with Gasteiger partial charge in [-0.25, -0.2) is 9.18 Å². The Bertz CT molecular complexity index is 1480. The van der Waals surface area contributed by atoms with Crippen LogP contribution in [0.15, 0.2) is 30.3 Å². The number of aliphatic carboxylic acids is 1. The number of carboxylic acid groups (broad SMARTS) is 1. The smallest absolute Gasteiger partial charge is 0.337 e. The van der Waals surface area contributed by atoms with Gasteiger partial charge in [0.1, 0.15) is 0 Å². The van der Waals surface area contributed by atoms with Crippen molar-refractivity contribution in [1.82, 2.24) is 9.88 Å². The number of rotatable bonds is 8. The summed E-state index contributed by atoms with van der Waals surface area (Å²) in [4.78, 5) is 20.1. The molecule has 2 aromatic carbocycles. The molecule has 1 N–H and O–H groups in total. The topological polar surface area (TPSA) is 71.9 Å². The number of aryl methyl sites for hydroxylation is 3. The van der Waals surface area contributed by atoms with E-state index < -0.39 is 23.5 Å². The number of carboxylic acids is 1. The predicted octanol–water partition coefficient (Wildman–Crippen LogP) is 7.07. The van der Waals surface area contributed by atoms with Crippen molar-refractivity contribution in [3.63, 3.8) is 0 Å². The molecule has 6 nitrogen and oxygen atoms in total. The number of pyridine rings is 1. The first kappa shape index (κ1) is 30.2. The van der Waals surface area contributed by atoms with Gasteiger partial charge in [-0.3, -0.25) is 9.88 Å². The fourth-order valence-corrected chi connectivity index (χ4v) is 6.35. The molecular weight excluding hydrogens is 531 g/mol. The Morgan fingerprint density at radius 3 is 2.57 bits per heavy atom. The Labute approximate surface area is 248 Å². The van der Waals surface area contributed by atoms with E-state index in [2.05, 4.69) is 36.1 Å². The molecule has 0 bridgehead atoms. The fourth-order valence-electron chi connectivity index (χ4n) is 6.35. The number of hydrogen-bond acceptors (Lipinski definition) is 5. The lowest BCUT2D eigenvalue weighted by Gasteiger charge is -2.34. The normalized spacial score (nSPS) is 16.0. The van der Waals surface area contributed by atoms with Crippen molar-refractivity contribution in [2.75, 3.05) is 19.7 Å². The van der Waals surface area contributed by atoms with E-state index in [1.165, 1.54) is 17.2 Å². The maximum Gasteiger partial charge on any atom is 0.337 e. The van der Waals surface area contributed by atoms with Gasteiger partial charge in [0.05, 0.1) is 12.2 Å². The Kier molecular flexibility index (Phi) is 8.72. The summed E-state index contributed by atoms with van der Waals surface area (Å²) in [6.45, 7) is 14.4. The van der Waals surface area contributed by atoms with Crippen molar-refractivity contribution in [2.45, 2.75) is 91.9 Å². The van der Waals surface area contributed by atoms with Crippen molar-refractivity contribution < 1.29 is 23.8 Å². The molecule has 42 heavy (non-hydrogen) atoms. The lowest BCUT2D eigenvalue weighted by molar-refractivity contribution is -0.160. The highest BCUT2D eigenvalue weighted by Crippen LogP contribution is 2.44. The second-order valence-corrected chi connectivity index (χ2v) is 12.8. The molecule has 5 rings (SSSR count). The highest BCUT2D eigenvalue weighted by molar-refractivity contribution is 5.84. The van der Waals surface area contributed by atoms with Gasteiger partial charge in [0, 0.05) is 42.0 Å². The minimum atomic E-state index is -1.25. The molecule has 2 aliphatic rings. The van der Waals surface area contributed by atoms with Gasteiger partial charge in [0.15, 0.2) is 17.7 Å². The lowest BCUT2D eigenvalue weighted by Crippen LogP contribution is -2.34. The Hall–Kier alpha value is -3.29. The van der Waals surface area contributed by atoms with Gasteiger partial charge in [0.25, 0.3) is 0 Å². The van der Waals surface area contributed by atoms with Crippen LogP contribution in [0, 0.1) is 26.6 Å². The first-order valence-electron chi connectivity index (χ1n) is 15.1. The molecule has 0 spiro atoms. The number of aromatic nitrogens is 1. The van der Waals surface area contributed by atoms with Gasteiger partial charge in [-0.15, -0.1) is 0 Å². The SMILES string of the molecule is Cc1ccc(CCCN2CCc3nc(C)c(C(OC(C)(C)C)C(=O)O)c(-c4cc(F)c5c(c4C)CCCO5)c3C2)cc1. The van der Waals surface area contributed by atoms with Gasteiger partial charge in [-0.1, -0.05) is 29.8 Å². The van der Waals surface area contributed by atoms with Crippen LogP contribution in [-0.4, -0.2) is 46.3 Å². The summed E-state index contributed by atoms with van der Waals surface area (Å²) < 4.78 is 27.5. The third kappa shape index (κ3) is 6.37. The zero-order valence-electron chi connectivity index (χ0n) is 25.8. The average molecular weight is 575 g/mol. The van der Waals surface area contributed by atoms with E-state index in [9.17, 15) is 9.90 Å². The molecule has 7 heteroatoms. The number of carbonyl (C=O) groups is 1. The second kappa shape index (κ2) is 12.1. The van der Waals surface area contributed by atoms with E-state index in [-0.39, 0.29) is 0 Å². The largest absolute Gasteiger partial charge is 0.490 e. The highest BCUT2D eigenvalue weighted by atomic mass is 19.1. The molecular formula is C35H43FN2O4. The van der Waals surface area contributed by atoms with Crippen LogP contribution in [0.3, 0.4) is 0 Å². The first-order chi connectivity index (χ1) is 19.9. The summed E-state index contributed by atoms with van der Waals surface area (Å²) in [6, 6.07) is 10.2.